The topological polar surface area (TPSA) is 74.2 Å². The predicted molar refractivity (Wildman–Crippen MR) is 110 cm³/mol. The largest absolute Gasteiger partial charge is 0.417 e. The molecule has 2 aliphatic rings. The van der Waals surface area contributed by atoms with E-state index in [4.69, 9.17) is 0 Å². The molecule has 170 valence electrons. The Balaban J connectivity index is 1.46. The van der Waals surface area contributed by atoms with Gasteiger partial charge in [-0.15, -0.1) is 0 Å². The van der Waals surface area contributed by atoms with Gasteiger partial charge in [0.05, 0.1) is 30.5 Å². The first-order valence-electron chi connectivity index (χ1n) is 10.2. The maximum Gasteiger partial charge on any atom is 0.417 e. The van der Waals surface area contributed by atoms with Gasteiger partial charge in [-0.1, -0.05) is 6.58 Å². The van der Waals surface area contributed by atoms with Gasteiger partial charge in [0.15, 0.2) is 0 Å². The molecule has 32 heavy (non-hydrogen) atoms. The zero-order chi connectivity index (χ0) is 22.9. The quantitative estimate of drug-likeness (QED) is 0.677. The molecule has 2 fully saturated rings. The van der Waals surface area contributed by atoms with Crippen molar-refractivity contribution in [3.8, 4) is 0 Å². The smallest absolute Gasteiger partial charge is 0.354 e. The number of carbonyl (C=O) groups excluding carboxylic acids is 1. The number of alkyl halides is 4. The SMILES string of the molecule is C=CNc1cnc(C(=O)N(C2CC2)[C@@H]2CCN(c3ccc(C(F)(F)F)cn3)C[C@@H]2F)cn1. The lowest BCUT2D eigenvalue weighted by Gasteiger charge is -2.41. The third-order valence-electron chi connectivity index (χ3n) is 5.56. The monoisotopic (exact) mass is 450 g/mol. The highest BCUT2D eigenvalue weighted by molar-refractivity contribution is 5.93. The molecule has 1 N–H and O–H groups in total. The summed E-state index contributed by atoms with van der Waals surface area (Å²) < 4.78 is 53.5. The molecule has 2 aromatic rings. The van der Waals surface area contributed by atoms with Gasteiger partial charge in [-0.2, -0.15) is 13.2 Å². The van der Waals surface area contributed by atoms with Crippen LogP contribution < -0.4 is 10.2 Å². The van der Waals surface area contributed by atoms with E-state index in [0.717, 1.165) is 25.1 Å². The van der Waals surface area contributed by atoms with Crippen molar-refractivity contribution in [2.75, 3.05) is 23.3 Å². The maximum absolute atomic E-state index is 15.2. The lowest BCUT2D eigenvalue weighted by atomic mass is 10.00. The fourth-order valence-corrected chi connectivity index (χ4v) is 3.84. The van der Waals surface area contributed by atoms with E-state index in [0.29, 0.717) is 18.8 Å². The average molecular weight is 450 g/mol. The van der Waals surface area contributed by atoms with Gasteiger partial charge >= 0.3 is 6.18 Å². The molecule has 1 aliphatic carbocycles. The molecular formula is C21H22F4N6O. The molecule has 1 saturated heterocycles. The van der Waals surface area contributed by atoms with Crippen LogP contribution in [0, 0.1) is 0 Å². The minimum Gasteiger partial charge on any atom is -0.354 e. The summed E-state index contributed by atoms with van der Waals surface area (Å²) in [4.78, 5) is 28.4. The maximum atomic E-state index is 15.2. The highest BCUT2D eigenvalue weighted by Gasteiger charge is 2.44. The molecule has 1 saturated carbocycles. The number of hydrogen-bond donors (Lipinski definition) is 1. The van der Waals surface area contributed by atoms with E-state index in [9.17, 15) is 18.0 Å². The first-order chi connectivity index (χ1) is 15.3. The van der Waals surface area contributed by atoms with Crippen LogP contribution >= 0.6 is 0 Å². The second-order valence-corrected chi connectivity index (χ2v) is 7.80. The van der Waals surface area contributed by atoms with Gasteiger partial charge in [0.25, 0.3) is 5.91 Å². The summed E-state index contributed by atoms with van der Waals surface area (Å²) in [6, 6.07) is 1.49. The van der Waals surface area contributed by atoms with Gasteiger partial charge in [-0.3, -0.25) is 4.79 Å². The Bertz CT molecular complexity index is 962. The Morgan fingerprint density at radius 3 is 2.47 bits per heavy atom. The predicted octanol–water partition coefficient (Wildman–Crippen LogP) is 3.67. The van der Waals surface area contributed by atoms with Gasteiger partial charge in [0.2, 0.25) is 0 Å². The summed E-state index contributed by atoms with van der Waals surface area (Å²) in [6.07, 6.45) is 1.000. The van der Waals surface area contributed by atoms with Crippen LogP contribution in [0.1, 0.15) is 35.3 Å². The van der Waals surface area contributed by atoms with Gasteiger partial charge in [-0.05, 0) is 37.6 Å². The van der Waals surface area contributed by atoms with Gasteiger partial charge < -0.3 is 15.1 Å². The molecule has 4 rings (SSSR count). The molecule has 0 spiro atoms. The molecule has 0 bridgehead atoms. The van der Waals surface area contributed by atoms with Crippen LogP contribution in [0.15, 0.2) is 43.5 Å². The van der Waals surface area contributed by atoms with E-state index < -0.39 is 24.0 Å². The number of halogens is 4. The Morgan fingerprint density at radius 2 is 1.94 bits per heavy atom. The summed E-state index contributed by atoms with van der Waals surface area (Å²) in [6.45, 7) is 3.84. The van der Waals surface area contributed by atoms with Crippen molar-refractivity contribution < 1.29 is 22.4 Å². The minimum absolute atomic E-state index is 0.0470. The lowest BCUT2D eigenvalue weighted by molar-refractivity contribution is -0.137. The second kappa shape index (κ2) is 8.71. The summed E-state index contributed by atoms with van der Waals surface area (Å²) in [5.41, 5.74) is -0.723. The molecule has 0 radical (unpaired) electrons. The van der Waals surface area contributed by atoms with Crippen LogP contribution in [0.3, 0.4) is 0 Å². The summed E-state index contributed by atoms with van der Waals surface area (Å²) in [7, 11) is 0. The standard InChI is InChI=1S/C21H22F4N6O/c1-2-26-18-11-27-16(10-28-18)20(32)31(14-4-5-14)17-7-8-30(12-15(17)22)19-6-3-13(9-29-19)21(23,24)25/h2-3,6,9-11,14-15,17H,1,4-5,7-8,12H2,(H,26,28)/t15-,17+/m0/s1. The van der Waals surface area contributed by atoms with Crippen molar-refractivity contribution in [3.05, 3.63) is 54.8 Å². The fraction of sp³-hybridized carbons (Fsp3) is 0.429. The van der Waals surface area contributed by atoms with Gasteiger partial charge in [0, 0.05) is 18.8 Å². The molecule has 1 amide bonds. The third kappa shape index (κ3) is 4.66. The van der Waals surface area contributed by atoms with Crippen molar-refractivity contribution in [2.45, 2.75) is 43.7 Å². The van der Waals surface area contributed by atoms with Crippen molar-refractivity contribution in [1.29, 1.82) is 0 Å². The first-order valence-corrected chi connectivity index (χ1v) is 10.2. The van der Waals surface area contributed by atoms with E-state index >= 15 is 4.39 Å². The van der Waals surface area contributed by atoms with Crippen molar-refractivity contribution in [2.24, 2.45) is 0 Å². The van der Waals surface area contributed by atoms with E-state index in [1.54, 1.807) is 9.80 Å². The zero-order valence-corrected chi connectivity index (χ0v) is 17.1. The molecular weight excluding hydrogens is 428 g/mol. The van der Waals surface area contributed by atoms with E-state index in [1.165, 1.54) is 24.7 Å². The van der Waals surface area contributed by atoms with Crippen molar-refractivity contribution >= 4 is 17.5 Å². The number of anilines is 2. The number of rotatable bonds is 6. The van der Waals surface area contributed by atoms with E-state index in [-0.39, 0.29) is 30.0 Å². The number of nitrogens with one attached hydrogen (secondary N) is 1. The number of piperidine rings is 1. The molecule has 11 heteroatoms. The van der Waals surface area contributed by atoms with Crippen LogP contribution in [0.2, 0.25) is 0 Å². The number of carbonyl (C=O) groups is 1. The molecule has 0 unspecified atom stereocenters. The van der Waals surface area contributed by atoms with E-state index in [1.807, 2.05) is 0 Å². The second-order valence-electron chi connectivity index (χ2n) is 7.80. The number of hydrogen-bond acceptors (Lipinski definition) is 6. The van der Waals surface area contributed by atoms with Crippen LogP contribution in [0.25, 0.3) is 0 Å². The van der Waals surface area contributed by atoms with Gasteiger partial charge in [0.1, 0.15) is 23.5 Å². The van der Waals surface area contributed by atoms with Crippen molar-refractivity contribution in [1.82, 2.24) is 19.9 Å². The number of pyridine rings is 1. The summed E-state index contributed by atoms with van der Waals surface area (Å²) in [5.74, 6) is 0.341. The molecule has 2 aromatic heterocycles. The van der Waals surface area contributed by atoms with E-state index in [2.05, 4.69) is 26.8 Å². The molecule has 1 aliphatic heterocycles. The lowest BCUT2D eigenvalue weighted by Crippen LogP contribution is -2.55. The van der Waals surface area contributed by atoms with Crippen molar-refractivity contribution in [3.63, 3.8) is 0 Å². The molecule has 7 nitrogen and oxygen atoms in total. The molecule has 0 aromatic carbocycles. The average Bonchev–Trinajstić information content (AvgIpc) is 3.60. The van der Waals surface area contributed by atoms with Crippen LogP contribution in [0.5, 0.6) is 0 Å². The minimum atomic E-state index is -4.48. The first kappa shape index (κ1) is 22.0. The van der Waals surface area contributed by atoms with Crippen LogP contribution in [0.4, 0.5) is 29.2 Å². The Kier molecular flexibility index (Phi) is 5.98. The molecule has 3 heterocycles. The normalized spacial score (nSPS) is 21.2. The van der Waals surface area contributed by atoms with Crippen LogP contribution in [-0.4, -0.2) is 57.1 Å². The fourth-order valence-electron chi connectivity index (χ4n) is 3.84. The summed E-state index contributed by atoms with van der Waals surface area (Å²) >= 11 is 0. The number of aromatic nitrogens is 3. The Hall–Kier alpha value is -3.24. The van der Waals surface area contributed by atoms with Gasteiger partial charge in [-0.25, -0.2) is 19.3 Å². The Morgan fingerprint density at radius 1 is 1.16 bits per heavy atom. The zero-order valence-electron chi connectivity index (χ0n) is 17.1. The number of amides is 1. The van der Waals surface area contributed by atoms with Crippen LogP contribution in [-0.2, 0) is 6.18 Å². The summed E-state index contributed by atoms with van der Waals surface area (Å²) in [5, 5.41) is 2.77. The highest BCUT2D eigenvalue weighted by atomic mass is 19.4. The number of nitrogens with zero attached hydrogens (tertiary/aromatic N) is 5. The highest BCUT2D eigenvalue weighted by Crippen LogP contribution is 2.35. The third-order valence-corrected chi connectivity index (χ3v) is 5.56. The Labute approximate surface area is 182 Å². The molecule has 2 atom stereocenters.